The molecule has 0 atom stereocenters. The third kappa shape index (κ3) is 5.68. The zero-order valence-corrected chi connectivity index (χ0v) is 18.4. The molecule has 3 N–H and O–H groups in total. The molecule has 0 aliphatic rings. The van der Waals surface area contributed by atoms with Crippen molar-refractivity contribution in [2.75, 3.05) is 24.4 Å². The highest BCUT2D eigenvalue weighted by Crippen LogP contribution is 2.29. The highest BCUT2D eigenvalue weighted by Gasteiger charge is 2.22. The van der Waals surface area contributed by atoms with Gasteiger partial charge in [0.15, 0.2) is 11.5 Å². The van der Waals surface area contributed by atoms with Crippen molar-refractivity contribution < 1.29 is 27.9 Å². The normalized spacial score (nSPS) is 11.2. The van der Waals surface area contributed by atoms with Gasteiger partial charge in [-0.3, -0.25) is 20.3 Å². The van der Waals surface area contributed by atoms with Gasteiger partial charge in [0.1, 0.15) is 10.6 Å². The number of non-ortho nitro benzene ring substituents is 1. The Bertz CT molecular complexity index is 1290. The summed E-state index contributed by atoms with van der Waals surface area (Å²) in [6.45, 7) is 0. The topological polar surface area (TPSA) is 152 Å². The van der Waals surface area contributed by atoms with Crippen LogP contribution in [0.5, 0.6) is 17.2 Å². The molecule has 12 heteroatoms. The van der Waals surface area contributed by atoms with Gasteiger partial charge in [0.2, 0.25) is 0 Å². The van der Waals surface area contributed by atoms with E-state index in [4.69, 9.17) is 9.47 Å². The molecule has 0 saturated carbocycles. The van der Waals surface area contributed by atoms with Gasteiger partial charge in [0.05, 0.1) is 31.0 Å². The second kappa shape index (κ2) is 9.87. The van der Waals surface area contributed by atoms with E-state index in [9.17, 15) is 23.6 Å². The molecule has 0 aliphatic heterocycles. The monoisotopic (exact) mass is 472 g/mol. The Balaban J connectivity index is 1.90. The summed E-state index contributed by atoms with van der Waals surface area (Å²) in [7, 11) is -1.32. The van der Waals surface area contributed by atoms with Crippen molar-refractivity contribution in [3.63, 3.8) is 0 Å². The van der Waals surface area contributed by atoms with Gasteiger partial charge in [-0.15, -0.1) is 0 Å². The number of nitrogens with one attached hydrogen (secondary N) is 2. The lowest BCUT2D eigenvalue weighted by molar-refractivity contribution is -0.385. The first-order valence-corrected chi connectivity index (χ1v) is 10.8. The SMILES string of the molecule is COc1ccc(NS(=O)(=O)c2cc([N+](=O)[O-])ccc2N/N=C/c2ccc(OC)c(O)c2)cc1. The first kappa shape index (κ1) is 23.3. The van der Waals surface area contributed by atoms with Gasteiger partial charge in [-0.25, -0.2) is 8.42 Å². The summed E-state index contributed by atoms with van der Waals surface area (Å²) in [4.78, 5) is 10.1. The molecule has 3 aromatic rings. The van der Waals surface area contributed by atoms with Crippen LogP contribution < -0.4 is 19.6 Å². The van der Waals surface area contributed by atoms with Crippen LogP contribution in [0.25, 0.3) is 0 Å². The summed E-state index contributed by atoms with van der Waals surface area (Å²) in [5.41, 5.74) is 2.93. The molecule has 0 aliphatic carbocycles. The summed E-state index contributed by atoms with van der Waals surface area (Å²) in [5.74, 6) is 0.728. The smallest absolute Gasteiger partial charge is 0.270 e. The number of rotatable bonds is 9. The third-order valence-electron chi connectivity index (χ3n) is 4.41. The van der Waals surface area contributed by atoms with Gasteiger partial charge in [-0.2, -0.15) is 5.10 Å². The van der Waals surface area contributed by atoms with Crippen LogP contribution in [0.15, 0.2) is 70.7 Å². The molecule has 172 valence electrons. The number of anilines is 2. The number of hydrogen-bond donors (Lipinski definition) is 3. The summed E-state index contributed by atoms with van der Waals surface area (Å²) >= 11 is 0. The summed E-state index contributed by atoms with van der Waals surface area (Å²) in [5, 5.41) is 25.0. The Morgan fingerprint density at radius 3 is 2.36 bits per heavy atom. The molecular formula is C21H20N4O7S. The predicted molar refractivity (Wildman–Crippen MR) is 123 cm³/mol. The van der Waals surface area contributed by atoms with Gasteiger partial charge in [-0.05, 0) is 54.1 Å². The molecule has 0 heterocycles. The zero-order chi connectivity index (χ0) is 24.0. The lowest BCUT2D eigenvalue weighted by Crippen LogP contribution is -2.15. The Morgan fingerprint density at radius 1 is 1.03 bits per heavy atom. The summed E-state index contributed by atoms with van der Waals surface area (Å²) in [6.07, 6.45) is 1.34. The Hall–Kier alpha value is -4.32. The number of benzene rings is 3. The lowest BCUT2D eigenvalue weighted by Gasteiger charge is -2.12. The van der Waals surface area contributed by atoms with E-state index in [0.29, 0.717) is 11.3 Å². The summed E-state index contributed by atoms with van der Waals surface area (Å²) < 4.78 is 38.4. The van der Waals surface area contributed by atoms with Crippen LogP contribution >= 0.6 is 0 Å². The Labute approximate surface area is 189 Å². The van der Waals surface area contributed by atoms with E-state index in [-0.39, 0.29) is 27.8 Å². The fourth-order valence-corrected chi connectivity index (χ4v) is 4.01. The molecule has 0 bridgehead atoms. The zero-order valence-electron chi connectivity index (χ0n) is 17.6. The van der Waals surface area contributed by atoms with E-state index in [2.05, 4.69) is 15.2 Å². The van der Waals surface area contributed by atoms with Crippen molar-refractivity contribution in [3.8, 4) is 17.2 Å². The maximum atomic E-state index is 13.0. The molecular weight excluding hydrogens is 452 g/mol. The van der Waals surface area contributed by atoms with Crippen molar-refractivity contribution in [2.24, 2.45) is 5.10 Å². The fourth-order valence-electron chi connectivity index (χ4n) is 2.77. The number of nitro benzene ring substituents is 1. The molecule has 0 spiro atoms. The van der Waals surface area contributed by atoms with Gasteiger partial charge in [0, 0.05) is 17.8 Å². The molecule has 0 fully saturated rings. The van der Waals surface area contributed by atoms with Gasteiger partial charge >= 0.3 is 0 Å². The van der Waals surface area contributed by atoms with Crippen LogP contribution in [0.4, 0.5) is 17.1 Å². The van der Waals surface area contributed by atoms with E-state index >= 15 is 0 Å². The van der Waals surface area contributed by atoms with Crippen molar-refractivity contribution in [1.82, 2.24) is 0 Å². The van der Waals surface area contributed by atoms with Crippen LogP contribution in [0, 0.1) is 10.1 Å². The average Bonchev–Trinajstić information content (AvgIpc) is 2.79. The minimum Gasteiger partial charge on any atom is -0.504 e. The van der Waals surface area contributed by atoms with Crippen LogP contribution in [0.3, 0.4) is 0 Å². The number of ether oxygens (including phenoxy) is 2. The molecule has 11 nitrogen and oxygen atoms in total. The minimum atomic E-state index is -4.22. The minimum absolute atomic E-state index is 0.00981. The maximum Gasteiger partial charge on any atom is 0.270 e. The average molecular weight is 472 g/mol. The molecule has 0 saturated heterocycles. The number of nitro groups is 1. The van der Waals surface area contributed by atoms with Crippen molar-refractivity contribution >= 4 is 33.3 Å². The van der Waals surface area contributed by atoms with E-state index in [1.807, 2.05) is 0 Å². The molecule has 0 amide bonds. The van der Waals surface area contributed by atoms with Crippen LogP contribution in [0.2, 0.25) is 0 Å². The maximum absolute atomic E-state index is 13.0. The second-order valence-electron chi connectivity index (χ2n) is 6.57. The number of phenolic OH excluding ortho intramolecular Hbond substituents is 1. The molecule has 3 aromatic carbocycles. The molecule has 0 radical (unpaired) electrons. The fraction of sp³-hybridized carbons (Fsp3) is 0.0952. The summed E-state index contributed by atoms with van der Waals surface area (Å²) in [6, 6.07) is 14.0. The van der Waals surface area contributed by atoms with Crippen molar-refractivity contribution in [1.29, 1.82) is 0 Å². The quantitative estimate of drug-likeness (QED) is 0.243. The Morgan fingerprint density at radius 2 is 1.76 bits per heavy atom. The Kier molecular flexibility index (Phi) is 6.98. The number of sulfonamides is 1. The van der Waals surface area contributed by atoms with E-state index in [0.717, 1.165) is 12.1 Å². The predicted octanol–water partition coefficient (Wildman–Crippen LogP) is 3.56. The molecule has 33 heavy (non-hydrogen) atoms. The van der Waals surface area contributed by atoms with Gasteiger partial charge in [-0.1, -0.05) is 0 Å². The largest absolute Gasteiger partial charge is 0.504 e. The van der Waals surface area contributed by atoms with Gasteiger partial charge < -0.3 is 14.6 Å². The van der Waals surface area contributed by atoms with E-state index in [1.165, 1.54) is 50.8 Å². The number of phenols is 1. The lowest BCUT2D eigenvalue weighted by atomic mass is 10.2. The number of methoxy groups -OCH3 is 2. The standard InChI is InChI=1S/C21H20N4O7S/c1-31-17-7-4-15(5-8-17)24-33(29,30)21-12-16(25(27)28)6-9-18(21)23-22-13-14-3-10-20(32-2)19(26)11-14/h3-13,23-24,26H,1-2H3/b22-13+. The van der Waals surface area contributed by atoms with Crippen LogP contribution in [-0.4, -0.2) is 38.9 Å². The second-order valence-corrected chi connectivity index (χ2v) is 8.22. The van der Waals surface area contributed by atoms with E-state index in [1.54, 1.807) is 18.2 Å². The number of nitrogens with zero attached hydrogens (tertiary/aromatic N) is 2. The van der Waals surface area contributed by atoms with Crippen LogP contribution in [0.1, 0.15) is 5.56 Å². The van der Waals surface area contributed by atoms with Crippen molar-refractivity contribution in [2.45, 2.75) is 4.90 Å². The number of hydrazone groups is 1. The number of aromatic hydroxyl groups is 1. The third-order valence-corrected chi connectivity index (χ3v) is 5.83. The highest BCUT2D eigenvalue weighted by atomic mass is 32.2. The first-order chi connectivity index (χ1) is 15.7. The highest BCUT2D eigenvalue weighted by molar-refractivity contribution is 7.92. The van der Waals surface area contributed by atoms with Crippen molar-refractivity contribution in [3.05, 3.63) is 76.3 Å². The van der Waals surface area contributed by atoms with Gasteiger partial charge in [0.25, 0.3) is 15.7 Å². The van der Waals surface area contributed by atoms with E-state index < -0.39 is 20.6 Å². The number of hydrogen-bond acceptors (Lipinski definition) is 9. The molecule has 0 unspecified atom stereocenters. The first-order valence-electron chi connectivity index (χ1n) is 9.35. The van der Waals surface area contributed by atoms with Crippen LogP contribution in [-0.2, 0) is 10.0 Å². The molecule has 0 aromatic heterocycles. The molecule has 3 rings (SSSR count).